The molecule has 0 aromatic rings. The van der Waals surface area contributed by atoms with Crippen LogP contribution in [0.3, 0.4) is 0 Å². The average Bonchev–Trinajstić information content (AvgIpc) is 1.87. The fourth-order valence-corrected chi connectivity index (χ4v) is 1.96. The lowest BCUT2D eigenvalue weighted by Crippen LogP contribution is -2.49. The van der Waals surface area contributed by atoms with E-state index in [2.05, 4.69) is 27.7 Å². The molecule has 0 amide bonds. The molecular weight excluding hydrogens is 136 g/mol. The van der Waals surface area contributed by atoms with E-state index in [-0.39, 0.29) is 11.5 Å². The Bertz CT molecular complexity index is 138. The molecule has 66 valence electrons. The van der Waals surface area contributed by atoms with Crippen LogP contribution < -0.4 is 0 Å². The van der Waals surface area contributed by atoms with Gasteiger partial charge in [-0.25, -0.2) is 0 Å². The molecule has 1 aliphatic rings. The minimum absolute atomic E-state index is 0.0498. The highest BCUT2D eigenvalue weighted by molar-refractivity contribution is 4.96. The van der Waals surface area contributed by atoms with Gasteiger partial charge in [-0.15, -0.1) is 0 Å². The molecule has 0 saturated heterocycles. The first kappa shape index (κ1) is 9.05. The molecule has 1 nitrogen and oxygen atoms in total. The molecule has 1 fully saturated rings. The minimum Gasteiger partial charge on any atom is -0.393 e. The summed E-state index contributed by atoms with van der Waals surface area (Å²) in [6.45, 7) is 8.85. The third kappa shape index (κ3) is 1.58. The molecule has 1 aliphatic carbocycles. The summed E-state index contributed by atoms with van der Waals surface area (Å²) in [5.41, 5.74) is 0.185. The van der Waals surface area contributed by atoms with Gasteiger partial charge in [0.15, 0.2) is 0 Å². The van der Waals surface area contributed by atoms with Crippen molar-refractivity contribution >= 4 is 0 Å². The molecule has 1 rings (SSSR count). The van der Waals surface area contributed by atoms with E-state index in [0.29, 0.717) is 0 Å². The van der Waals surface area contributed by atoms with Crippen LogP contribution in [0.2, 0.25) is 0 Å². The summed E-state index contributed by atoms with van der Waals surface area (Å²) in [6.07, 6.45) is 2.24. The lowest BCUT2D eigenvalue weighted by atomic mass is 9.58. The summed E-state index contributed by atoms with van der Waals surface area (Å²) < 4.78 is 0. The fourth-order valence-electron chi connectivity index (χ4n) is 1.96. The smallest absolute Gasteiger partial charge is 0.0596 e. The van der Waals surface area contributed by atoms with Crippen LogP contribution in [0.1, 0.15) is 40.5 Å². The Hall–Kier alpha value is -0.0400. The number of hydrogen-bond acceptors (Lipinski definition) is 1. The van der Waals surface area contributed by atoms with Crippen molar-refractivity contribution in [2.75, 3.05) is 0 Å². The van der Waals surface area contributed by atoms with Crippen LogP contribution in [0.15, 0.2) is 0 Å². The Labute approximate surface area is 69.8 Å². The predicted molar refractivity (Wildman–Crippen MR) is 47.3 cm³/mol. The third-order valence-electron chi connectivity index (χ3n) is 3.17. The van der Waals surface area contributed by atoms with Crippen molar-refractivity contribution in [2.45, 2.75) is 46.6 Å². The maximum Gasteiger partial charge on any atom is 0.0596 e. The first-order valence-corrected chi connectivity index (χ1v) is 4.62. The maximum atomic E-state index is 9.46. The maximum absolute atomic E-state index is 9.46. The van der Waals surface area contributed by atoms with Crippen molar-refractivity contribution in [3.05, 3.63) is 0 Å². The SMILES string of the molecule is CC(C)CC1CC(O)C1(C)C. The number of rotatable bonds is 2. The van der Waals surface area contributed by atoms with Gasteiger partial charge in [-0.05, 0) is 30.1 Å². The summed E-state index contributed by atoms with van der Waals surface area (Å²) in [5, 5.41) is 9.46. The molecule has 0 aromatic heterocycles. The second-order valence-corrected chi connectivity index (χ2v) is 4.90. The molecule has 1 N–H and O–H groups in total. The predicted octanol–water partition coefficient (Wildman–Crippen LogP) is 2.44. The lowest BCUT2D eigenvalue weighted by Gasteiger charge is -2.50. The zero-order chi connectivity index (χ0) is 8.65. The van der Waals surface area contributed by atoms with E-state index in [0.717, 1.165) is 18.3 Å². The summed E-state index contributed by atoms with van der Waals surface area (Å²) >= 11 is 0. The summed E-state index contributed by atoms with van der Waals surface area (Å²) in [4.78, 5) is 0. The van der Waals surface area contributed by atoms with Crippen LogP contribution in [-0.2, 0) is 0 Å². The number of aliphatic hydroxyl groups excluding tert-OH is 1. The Morgan fingerprint density at radius 1 is 1.45 bits per heavy atom. The first-order chi connectivity index (χ1) is 4.94. The van der Waals surface area contributed by atoms with Gasteiger partial charge in [0, 0.05) is 0 Å². The molecule has 0 heterocycles. The molecule has 1 saturated carbocycles. The first-order valence-electron chi connectivity index (χ1n) is 4.62. The minimum atomic E-state index is -0.0498. The van der Waals surface area contributed by atoms with Gasteiger partial charge in [-0.2, -0.15) is 0 Å². The van der Waals surface area contributed by atoms with E-state index in [1.807, 2.05) is 0 Å². The molecule has 0 aromatic carbocycles. The quantitative estimate of drug-likeness (QED) is 0.651. The fraction of sp³-hybridized carbons (Fsp3) is 1.00. The van der Waals surface area contributed by atoms with Gasteiger partial charge in [0.2, 0.25) is 0 Å². The number of hydrogen-bond donors (Lipinski definition) is 1. The van der Waals surface area contributed by atoms with E-state index in [1.54, 1.807) is 0 Å². The third-order valence-corrected chi connectivity index (χ3v) is 3.17. The molecule has 0 radical (unpaired) electrons. The highest BCUT2D eigenvalue weighted by Crippen LogP contribution is 2.48. The van der Waals surface area contributed by atoms with Crippen molar-refractivity contribution in [2.24, 2.45) is 17.3 Å². The van der Waals surface area contributed by atoms with Crippen LogP contribution in [-0.4, -0.2) is 11.2 Å². The van der Waals surface area contributed by atoms with Gasteiger partial charge in [-0.1, -0.05) is 27.7 Å². The Kier molecular flexibility index (Phi) is 2.29. The molecule has 2 atom stereocenters. The number of aliphatic hydroxyl groups is 1. The van der Waals surface area contributed by atoms with E-state index in [9.17, 15) is 5.11 Å². The molecule has 2 unspecified atom stereocenters. The summed E-state index contributed by atoms with van der Waals surface area (Å²) in [6, 6.07) is 0. The molecule has 0 bridgehead atoms. The second-order valence-electron chi connectivity index (χ2n) is 4.90. The van der Waals surface area contributed by atoms with Crippen LogP contribution in [0.4, 0.5) is 0 Å². The Balaban J connectivity index is 2.40. The monoisotopic (exact) mass is 156 g/mol. The summed E-state index contributed by atoms with van der Waals surface area (Å²) in [7, 11) is 0. The topological polar surface area (TPSA) is 20.2 Å². The van der Waals surface area contributed by atoms with Crippen LogP contribution in [0.5, 0.6) is 0 Å². The second kappa shape index (κ2) is 2.78. The summed E-state index contributed by atoms with van der Waals surface area (Å²) in [5.74, 6) is 1.52. The zero-order valence-electron chi connectivity index (χ0n) is 8.09. The van der Waals surface area contributed by atoms with E-state index in [4.69, 9.17) is 0 Å². The molecular formula is C10H20O. The standard InChI is InChI=1S/C10H20O/c1-7(2)5-8-6-9(11)10(8,3)4/h7-9,11H,5-6H2,1-4H3. The van der Waals surface area contributed by atoms with Crippen molar-refractivity contribution in [1.29, 1.82) is 0 Å². The average molecular weight is 156 g/mol. The van der Waals surface area contributed by atoms with Crippen molar-refractivity contribution in [3.8, 4) is 0 Å². The largest absolute Gasteiger partial charge is 0.393 e. The van der Waals surface area contributed by atoms with E-state index < -0.39 is 0 Å². The molecule has 0 aliphatic heterocycles. The van der Waals surface area contributed by atoms with Gasteiger partial charge in [0.1, 0.15) is 0 Å². The van der Waals surface area contributed by atoms with Crippen LogP contribution >= 0.6 is 0 Å². The van der Waals surface area contributed by atoms with Crippen molar-refractivity contribution in [1.82, 2.24) is 0 Å². The molecule has 0 spiro atoms. The van der Waals surface area contributed by atoms with Gasteiger partial charge in [0.25, 0.3) is 0 Å². The van der Waals surface area contributed by atoms with Gasteiger partial charge in [0.05, 0.1) is 6.10 Å². The van der Waals surface area contributed by atoms with Gasteiger partial charge < -0.3 is 5.11 Å². The Morgan fingerprint density at radius 2 is 2.00 bits per heavy atom. The van der Waals surface area contributed by atoms with E-state index >= 15 is 0 Å². The van der Waals surface area contributed by atoms with Gasteiger partial charge >= 0.3 is 0 Å². The van der Waals surface area contributed by atoms with E-state index in [1.165, 1.54) is 6.42 Å². The zero-order valence-corrected chi connectivity index (χ0v) is 8.09. The molecule has 11 heavy (non-hydrogen) atoms. The molecule has 1 heteroatoms. The highest BCUT2D eigenvalue weighted by atomic mass is 16.3. The van der Waals surface area contributed by atoms with Crippen LogP contribution in [0, 0.1) is 17.3 Å². The normalized spacial score (nSPS) is 35.5. The van der Waals surface area contributed by atoms with Crippen molar-refractivity contribution in [3.63, 3.8) is 0 Å². The van der Waals surface area contributed by atoms with Gasteiger partial charge in [-0.3, -0.25) is 0 Å². The lowest BCUT2D eigenvalue weighted by molar-refractivity contribution is -0.105. The van der Waals surface area contributed by atoms with Crippen molar-refractivity contribution < 1.29 is 5.11 Å². The van der Waals surface area contributed by atoms with Crippen LogP contribution in [0.25, 0.3) is 0 Å². The Morgan fingerprint density at radius 3 is 2.27 bits per heavy atom. The highest BCUT2D eigenvalue weighted by Gasteiger charge is 2.46.